The molecule has 0 fully saturated rings. The highest BCUT2D eigenvalue weighted by Gasteiger charge is 2.42. The van der Waals surface area contributed by atoms with Gasteiger partial charge in [-0.3, -0.25) is 9.59 Å². The van der Waals surface area contributed by atoms with Crippen molar-refractivity contribution in [3.05, 3.63) is 74.6 Å². The molecule has 2 aromatic carbocycles. The third-order valence-electron chi connectivity index (χ3n) is 6.86. The molecule has 0 aliphatic carbocycles. The number of aryl methyl sites for hydroxylation is 2. The summed E-state index contributed by atoms with van der Waals surface area (Å²) in [4.78, 5) is 29.1. The first kappa shape index (κ1) is 25.0. The Labute approximate surface area is 208 Å². The van der Waals surface area contributed by atoms with Crippen molar-refractivity contribution in [3.63, 3.8) is 0 Å². The number of carbonyl (C=O) groups is 1. The molecule has 1 atom stereocenters. The number of fused-ring (bicyclic) bond motifs is 2. The summed E-state index contributed by atoms with van der Waals surface area (Å²) in [5.41, 5.74) is 3.63. The van der Waals surface area contributed by atoms with Crippen molar-refractivity contribution >= 4 is 16.9 Å². The van der Waals surface area contributed by atoms with Crippen molar-refractivity contribution < 1.29 is 13.9 Å². The first-order chi connectivity index (χ1) is 17.0. The van der Waals surface area contributed by atoms with Gasteiger partial charge in [0.1, 0.15) is 11.3 Å². The van der Waals surface area contributed by atoms with E-state index in [1.54, 1.807) is 0 Å². The van der Waals surface area contributed by atoms with Gasteiger partial charge in [0.2, 0.25) is 5.76 Å². The summed E-state index contributed by atoms with van der Waals surface area (Å²) in [5, 5.41) is 0.543. The zero-order valence-electron chi connectivity index (χ0n) is 21.5. The second-order valence-corrected chi connectivity index (χ2v) is 9.72. The van der Waals surface area contributed by atoms with E-state index in [4.69, 9.17) is 9.15 Å². The number of amides is 1. The monoisotopic (exact) mass is 475 g/mol. The molecule has 0 saturated heterocycles. The third-order valence-corrected chi connectivity index (χ3v) is 6.86. The van der Waals surface area contributed by atoms with Crippen molar-refractivity contribution in [2.24, 2.45) is 0 Å². The van der Waals surface area contributed by atoms with Crippen molar-refractivity contribution in [1.29, 1.82) is 0 Å². The van der Waals surface area contributed by atoms with Crippen molar-refractivity contribution in [1.82, 2.24) is 4.90 Å². The molecule has 1 aromatic heterocycles. The van der Waals surface area contributed by atoms with E-state index in [-0.39, 0.29) is 17.1 Å². The molecule has 1 aliphatic rings. The first-order valence-electron chi connectivity index (χ1n) is 13.1. The van der Waals surface area contributed by atoms with Gasteiger partial charge in [-0.1, -0.05) is 64.2 Å². The largest absolute Gasteiger partial charge is 0.494 e. The number of benzene rings is 2. The van der Waals surface area contributed by atoms with Gasteiger partial charge >= 0.3 is 0 Å². The van der Waals surface area contributed by atoms with Crippen LogP contribution < -0.4 is 10.2 Å². The molecule has 1 amide bonds. The predicted octanol–water partition coefficient (Wildman–Crippen LogP) is 7.10. The molecule has 35 heavy (non-hydrogen) atoms. The summed E-state index contributed by atoms with van der Waals surface area (Å²) in [6.07, 6.45) is 7.61. The van der Waals surface area contributed by atoms with Crippen molar-refractivity contribution in [2.75, 3.05) is 13.2 Å². The number of hydrogen-bond acceptors (Lipinski definition) is 4. The van der Waals surface area contributed by atoms with Crippen molar-refractivity contribution in [3.8, 4) is 5.75 Å². The minimum Gasteiger partial charge on any atom is -0.494 e. The van der Waals surface area contributed by atoms with Gasteiger partial charge in [0.15, 0.2) is 5.43 Å². The topological polar surface area (TPSA) is 59.8 Å². The van der Waals surface area contributed by atoms with Gasteiger partial charge in [-0.15, -0.1) is 0 Å². The number of carbonyl (C=O) groups excluding carboxylic acids is 1. The summed E-state index contributed by atoms with van der Waals surface area (Å²) >= 11 is 0. The fourth-order valence-electron chi connectivity index (χ4n) is 5.05. The zero-order chi connectivity index (χ0) is 24.9. The standard InChI is InChI=1S/C30H37NO4/c1-5-7-9-11-17-34-23-14-12-22(13-15-23)26-25-27(32)24-19-20(3)18-21(4)28(24)35-29(25)30(33)31(26)16-10-8-6-2/h12-15,18-19,26H,5-11,16-17H2,1-4H3. The summed E-state index contributed by atoms with van der Waals surface area (Å²) in [6, 6.07) is 11.2. The molecule has 0 radical (unpaired) electrons. The Morgan fingerprint density at radius 1 is 0.914 bits per heavy atom. The third kappa shape index (κ3) is 5.14. The molecular formula is C30H37NO4. The maximum absolute atomic E-state index is 13.8. The van der Waals surface area contributed by atoms with Crippen LogP contribution >= 0.6 is 0 Å². The van der Waals surface area contributed by atoms with Crippen LogP contribution in [0.25, 0.3) is 11.0 Å². The number of ether oxygens (including phenoxy) is 1. The molecule has 5 nitrogen and oxygen atoms in total. The van der Waals surface area contributed by atoms with Crippen LogP contribution in [0, 0.1) is 13.8 Å². The molecule has 0 N–H and O–H groups in total. The second-order valence-electron chi connectivity index (χ2n) is 9.72. The van der Waals surface area contributed by atoms with Crippen LogP contribution in [-0.4, -0.2) is 24.0 Å². The van der Waals surface area contributed by atoms with Gasteiger partial charge in [-0.25, -0.2) is 0 Å². The lowest BCUT2D eigenvalue weighted by molar-refractivity contribution is 0.0724. The average molecular weight is 476 g/mol. The van der Waals surface area contributed by atoms with Crippen molar-refractivity contribution in [2.45, 2.75) is 78.7 Å². The number of rotatable bonds is 11. The average Bonchev–Trinajstić information content (AvgIpc) is 3.12. The lowest BCUT2D eigenvalue weighted by atomic mass is 9.97. The summed E-state index contributed by atoms with van der Waals surface area (Å²) in [6.45, 7) is 9.51. The molecule has 3 aromatic rings. The Hall–Kier alpha value is -3.08. The molecule has 4 rings (SSSR count). The Bertz CT molecular complexity index is 1240. The van der Waals surface area contributed by atoms with E-state index in [0.717, 1.165) is 48.1 Å². The van der Waals surface area contributed by atoms with E-state index >= 15 is 0 Å². The Kier molecular flexibility index (Phi) is 7.94. The summed E-state index contributed by atoms with van der Waals surface area (Å²) < 4.78 is 12.1. The second kappa shape index (κ2) is 11.1. The molecule has 0 saturated carbocycles. The van der Waals surface area contributed by atoms with Crippen LogP contribution in [0.3, 0.4) is 0 Å². The van der Waals surface area contributed by atoms with Crippen LogP contribution in [0.2, 0.25) is 0 Å². The maximum atomic E-state index is 13.8. The Balaban J connectivity index is 1.71. The fraction of sp³-hybridized carbons (Fsp3) is 0.467. The molecule has 5 heteroatoms. The first-order valence-corrected chi connectivity index (χ1v) is 13.1. The van der Waals surface area contributed by atoms with Crippen LogP contribution in [0.1, 0.15) is 97.6 Å². The highest BCUT2D eigenvalue weighted by molar-refractivity contribution is 5.99. The van der Waals surface area contributed by atoms with E-state index in [1.807, 2.05) is 55.1 Å². The SMILES string of the molecule is CCCCCCOc1ccc(C2c3c(oc4c(C)cc(C)cc4c3=O)C(=O)N2CCCCC)cc1. The highest BCUT2D eigenvalue weighted by atomic mass is 16.5. The van der Waals surface area contributed by atoms with Gasteiger partial charge in [0.25, 0.3) is 5.91 Å². The van der Waals surface area contributed by atoms with Gasteiger partial charge in [0, 0.05) is 6.54 Å². The minimum absolute atomic E-state index is 0.111. The summed E-state index contributed by atoms with van der Waals surface area (Å²) in [5.74, 6) is 0.799. The molecule has 2 heterocycles. The predicted molar refractivity (Wildman–Crippen MR) is 140 cm³/mol. The van der Waals surface area contributed by atoms with Crippen LogP contribution in [0.5, 0.6) is 5.75 Å². The maximum Gasteiger partial charge on any atom is 0.290 e. The van der Waals surface area contributed by atoms with E-state index in [0.29, 0.717) is 29.7 Å². The van der Waals surface area contributed by atoms with Crippen LogP contribution in [0.4, 0.5) is 0 Å². The van der Waals surface area contributed by atoms with E-state index in [1.165, 1.54) is 19.3 Å². The summed E-state index contributed by atoms with van der Waals surface area (Å²) in [7, 11) is 0. The van der Waals surface area contributed by atoms with Gasteiger partial charge in [-0.2, -0.15) is 0 Å². The smallest absolute Gasteiger partial charge is 0.290 e. The lowest BCUT2D eigenvalue weighted by Crippen LogP contribution is -2.30. The number of nitrogens with zero attached hydrogens (tertiary/aromatic N) is 1. The number of unbranched alkanes of at least 4 members (excludes halogenated alkanes) is 5. The number of hydrogen-bond donors (Lipinski definition) is 0. The lowest BCUT2D eigenvalue weighted by Gasteiger charge is -2.25. The zero-order valence-corrected chi connectivity index (χ0v) is 21.5. The Morgan fingerprint density at radius 3 is 2.34 bits per heavy atom. The highest BCUT2D eigenvalue weighted by Crippen LogP contribution is 2.39. The van der Waals surface area contributed by atoms with E-state index in [9.17, 15) is 9.59 Å². The van der Waals surface area contributed by atoms with Gasteiger partial charge in [-0.05, 0) is 61.6 Å². The van der Waals surface area contributed by atoms with Crippen LogP contribution in [-0.2, 0) is 0 Å². The molecule has 186 valence electrons. The normalized spacial score (nSPS) is 15.1. The van der Waals surface area contributed by atoms with Crippen LogP contribution in [0.15, 0.2) is 45.6 Å². The van der Waals surface area contributed by atoms with Gasteiger partial charge in [0.05, 0.1) is 23.6 Å². The molecule has 0 bridgehead atoms. The molecular weight excluding hydrogens is 438 g/mol. The molecule has 0 spiro atoms. The fourth-order valence-corrected chi connectivity index (χ4v) is 5.05. The Morgan fingerprint density at radius 2 is 1.63 bits per heavy atom. The molecule has 1 aliphatic heterocycles. The molecule has 1 unspecified atom stereocenters. The quantitative estimate of drug-likeness (QED) is 0.277. The van der Waals surface area contributed by atoms with E-state index < -0.39 is 6.04 Å². The van der Waals surface area contributed by atoms with E-state index in [2.05, 4.69) is 13.8 Å². The minimum atomic E-state index is -0.450. The van der Waals surface area contributed by atoms with Gasteiger partial charge < -0.3 is 14.1 Å².